The van der Waals surface area contributed by atoms with Crippen molar-refractivity contribution in [1.82, 2.24) is 5.32 Å². The number of benzene rings is 3. The van der Waals surface area contributed by atoms with E-state index >= 15 is 0 Å². The van der Waals surface area contributed by atoms with Crippen molar-refractivity contribution < 1.29 is 4.79 Å². The van der Waals surface area contributed by atoms with Crippen LogP contribution in [0.1, 0.15) is 24.1 Å². The molecule has 2 N–H and O–H groups in total. The van der Waals surface area contributed by atoms with E-state index in [1.165, 1.54) is 10.8 Å². The van der Waals surface area contributed by atoms with Crippen molar-refractivity contribution in [3.63, 3.8) is 0 Å². The van der Waals surface area contributed by atoms with Gasteiger partial charge in [-0.25, -0.2) is 0 Å². The van der Waals surface area contributed by atoms with Gasteiger partial charge < -0.3 is 10.6 Å². The molecule has 3 nitrogen and oxygen atoms in total. The number of halogens is 2. The number of carbonyl (C=O) groups is 1. The lowest BCUT2D eigenvalue weighted by Gasteiger charge is -2.17. The molecule has 3 rings (SSSR count). The smallest absolute Gasteiger partial charge is 0.238 e. The maximum atomic E-state index is 12.3. The third kappa shape index (κ3) is 4.01. The zero-order valence-electron chi connectivity index (χ0n) is 14.6. The van der Waals surface area contributed by atoms with Crippen LogP contribution in [0.2, 0.25) is 10.0 Å². The molecule has 0 bridgehead atoms. The fourth-order valence-electron chi connectivity index (χ4n) is 2.94. The van der Waals surface area contributed by atoms with E-state index in [-0.39, 0.29) is 18.5 Å². The number of rotatable bonds is 5. The highest BCUT2D eigenvalue weighted by Crippen LogP contribution is 2.32. The van der Waals surface area contributed by atoms with Crippen LogP contribution in [0.25, 0.3) is 10.8 Å². The first-order valence-corrected chi connectivity index (χ1v) is 9.18. The Bertz CT molecular complexity index is 951. The minimum absolute atomic E-state index is 0.0234. The number of aryl methyl sites for hydroxylation is 1. The van der Waals surface area contributed by atoms with Gasteiger partial charge in [0.1, 0.15) is 0 Å². The molecule has 0 radical (unpaired) electrons. The predicted octanol–water partition coefficient (Wildman–Crippen LogP) is 5.74. The fraction of sp³-hybridized carbons (Fsp3) is 0.190. The number of carbonyl (C=O) groups excluding carboxylic acids is 1. The van der Waals surface area contributed by atoms with Gasteiger partial charge >= 0.3 is 0 Å². The Kier molecular flexibility index (Phi) is 5.82. The second-order valence-electron chi connectivity index (χ2n) is 6.27. The molecule has 134 valence electrons. The van der Waals surface area contributed by atoms with Crippen LogP contribution in [0.15, 0.2) is 54.6 Å². The van der Waals surface area contributed by atoms with Gasteiger partial charge in [-0.2, -0.15) is 0 Å². The van der Waals surface area contributed by atoms with Crippen molar-refractivity contribution in [3.05, 3.63) is 75.8 Å². The van der Waals surface area contributed by atoms with Gasteiger partial charge in [-0.15, -0.1) is 0 Å². The number of anilines is 1. The van der Waals surface area contributed by atoms with E-state index in [2.05, 4.69) is 34.9 Å². The van der Waals surface area contributed by atoms with Crippen molar-refractivity contribution in [2.24, 2.45) is 0 Å². The Hall–Kier alpha value is -2.07. The van der Waals surface area contributed by atoms with Crippen LogP contribution in [-0.4, -0.2) is 12.5 Å². The topological polar surface area (TPSA) is 41.1 Å². The molecule has 0 aliphatic heterocycles. The van der Waals surface area contributed by atoms with E-state index in [0.717, 1.165) is 11.1 Å². The highest BCUT2D eigenvalue weighted by atomic mass is 35.5. The number of hydrogen-bond acceptors (Lipinski definition) is 2. The molecule has 3 aromatic carbocycles. The van der Waals surface area contributed by atoms with Gasteiger partial charge in [-0.05, 0) is 41.8 Å². The normalized spacial score (nSPS) is 12.2. The summed E-state index contributed by atoms with van der Waals surface area (Å²) in [5, 5.41) is 9.32. The Labute approximate surface area is 163 Å². The lowest BCUT2D eigenvalue weighted by molar-refractivity contribution is -0.115. The minimum Gasteiger partial charge on any atom is -0.322 e. The summed E-state index contributed by atoms with van der Waals surface area (Å²) in [7, 11) is 0. The third-order valence-corrected chi connectivity index (χ3v) is 5.21. The Morgan fingerprint density at radius 3 is 2.58 bits per heavy atom. The lowest BCUT2D eigenvalue weighted by atomic mass is 10.00. The van der Waals surface area contributed by atoms with Crippen molar-refractivity contribution in [2.45, 2.75) is 19.9 Å². The summed E-state index contributed by atoms with van der Waals surface area (Å²) in [4.78, 5) is 12.3. The molecule has 0 spiro atoms. The summed E-state index contributed by atoms with van der Waals surface area (Å²) in [6.45, 7) is 4.07. The average molecular weight is 387 g/mol. The third-order valence-electron chi connectivity index (χ3n) is 4.41. The Balaban J connectivity index is 1.69. The van der Waals surface area contributed by atoms with Crippen molar-refractivity contribution in [2.75, 3.05) is 11.9 Å². The highest BCUT2D eigenvalue weighted by molar-refractivity contribution is 6.40. The van der Waals surface area contributed by atoms with Crippen LogP contribution >= 0.6 is 23.2 Å². The molecule has 1 atom stereocenters. The quantitative estimate of drug-likeness (QED) is 0.586. The van der Waals surface area contributed by atoms with Gasteiger partial charge in [0.2, 0.25) is 5.91 Å². The average Bonchev–Trinajstić information content (AvgIpc) is 2.66. The van der Waals surface area contributed by atoms with Gasteiger partial charge in [0.05, 0.1) is 22.3 Å². The molecule has 0 saturated heterocycles. The number of amides is 1. The van der Waals surface area contributed by atoms with E-state index in [1.54, 1.807) is 6.07 Å². The summed E-state index contributed by atoms with van der Waals surface area (Å²) in [5.41, 5.74) is 2.48. The molecule has 0 unspecified atom stereocenters. The predicted molar refractivity (Wildman–Crippen MR) is 110 cm³/mol. The van der Waals surface area contributed by atoms with Gasteiger partial charge in [0.25, 0.3) is 0 Å². The van der Waals surface area contributed by atoms with E-state index in [9.17, 15) is 4.79 Å². The zero-order chi connectivity index (χ0) is 18.7. The summed E-state index contributed by atoms with van der Waals surface area (Å²) < 4.78 is 0. The lowest BCUT2D eigenvalue weighted by Crippen LogP contribution is -2.30. The van der Waals surface area contributed by atoms with E-state index in [1.807, 2.05) is 38.1 Å². The number of hydrogen-bond donors (Lipinski definition) is 2. The summed E-state index contributed by atoms with van der Waals surface area (Å²) in [6, 6.07) is 18.0. The second-order valence-corrected chi connectivity index (χ2v) is 7.06. The van der Waals surface area contributed by atoms with Gasteiger partial charge in [-0.1, -0.05) is 71.7 Å². The molecular weight excluding hydrogens is 367 g/mol. The van der Waals surface area contributed by atoms with E-state index in [0.29, 0.717) is 15.7 Å². The first kappa shape index (κ1) is 18.7. The second kappa shape index (κ2) is 8.09. The van der Waals surface area contributed by atoms with E-state index in [4.69, 9.17) is 23.2 Å². The van der Waals surface area contributed by atoms with Crippen LogP contribution in [-0.2, 0) is 4.79 Å². The van der Waals surface area contributed by atoms with Crippen LogP contribution < -0.4 is 10.6 Å². The molecule has 0 aromatic heterocycles. The maximum absolute atomic E-state index is 12.3. The highest BCUT2D eigenvalue weighted by Gasteiger charge is 2.14. The SMILES string of the molecule is Cc1ccc(Cl)c(NC(=O)CN[C@@H](C)c2cccc3ccccc23)c1Cl. The maximum Gasteiger partial charge on any atom is 0.238 e. The fourth-order valence-corrected chi connectivity index (χ4v) is 3.40. The molecule has 3 aromatic rings. The van der Waals surface area contributed by atoms with Crippen molar-refractivity contribution in [1.29, 1.82) is 0 Å². The molecule has 26 heavy (non-hydrogen) atoms. The van der Waals surface area contributed by atoms with Crippen LogP contribution in [0.4, 0.5) is 5.69 Å². The summed E-state index contributed by atoms with van der Waals surface area (Å²) in [5.74, 6) is -0.188. The molecule has 0 fully saturated rings. The molecule has 0 saturated carbocycles. The minimum atomic E-state index is -0.188. The largest absolute Gasteiger partial charge is 0.322 e. The van der Waals surface area contributed by atoms with Gasteiger partial charge in [-0.3, -0.25) is 4.79 Å². The molecule has 0 aliphatic rings. The standard InChI is InChI=1S/C21H20Cl2N2O/c1-13-10-11-18(22)21(20(13)23)25-19(26)12-24-14(2)16-9-5-7-15-6-3-4-8-17(15)16/h3-11,14,24H,12H2,1-2H3,(H,25,26)/t14-/m0/s1. The zero-order valence-corrected chi connectivity index (χ0v) is 16.2. The van der Waals surface area contributed by atoms with Crippen molar-refractivity contribution >= 4 is 45.6 Å². The summed E-state index contributed by atoms with van der Waals surface area (Å²) in [6.07, 6.45) is 0. The molecule has 0 aliphatic carbocycles. The van der Waals surface area contributed by atoms with Crippen LogP contribution in [0, 0.1) is 6.92 Å². The Morgan fingerprint density at radius 2 is 1.77 bits per heavy atom. The van der Waals surface area contributed by atoms with Gasteiger partial charge in [0.15, 0.2) is 0 Å². The molecule has 5 heteroatoms. The molecule has 1 amide bonds. The van der Waals surface area contributed by atoms with Gasteiger partial charge in [0, 0.05) is 6.04 Å². The summed E-state index contributed by atoms with van der Waals surface area (Å²) >= 11 is 12.4. The first-order valence-electron chi connectivity index (χ1n) is 8.43. The monoisotopic (exact) mass is 386 g/mol. The van der Waals surface area contributed by atoms with Crippen molar-refractivity contribution in [3.8, 4) is 0 Å². The first-order chi connectivity index (χ1) is 12.5. The Morgan fingerprint density at radius 1 is 1.04 bits per heavy atom. The molecular formula is C21H20Cl2N2O. The number of nitrogens with one attached hydrogen (secondary N) is 2. The van der Waals surface area contributed by atoms with E-state index < -0.39 is 0 Å². The van der Waals surface area contributed by atoms with Crippen LogP contribution in [0.3, 0.4) is 0 Å². The van der Waals surface area contributed by atoms with Crippen LogP contribution in [0.5, 0.6) is 0 Å². The molecule has 0 heterocycles. The number of fused-ring (bicyclic) bond motifs is 1.